The summed E-state index contributed by atoms with van der Waals surface area (Å²) in [6.45, 7) is 10.3. The third-order valence-electron chi connectivity index (χ3n) is 8.40. The predicted molar refractivity (Wildman–Crippen MR) is 114 cm³/mol. The number of aliphatic hydroxyl groups is 2. The molecule has 162 valence electrons. The lowest BCUT2D eigenvalue weighted by Gasteiger charge is -2.45. The van der Waals surface area contributed by atoms with E-state index in [0.717, 1.165) is 32.0 Å². The van der Waals surface area contributed by atoms with Crippen LogP contribution in [0.15, 0.2) is 23.3 Å². The Hall–Kier alpha value is -1.26. The maximum atomic E-state index is 12.6. The Balaban J connectivity index is 1.94. The summed E-state index contributed by atoms with van der Waals surface area (Å²) in [7, 11) is 0. The molecule has 0 aromatic heterocycles. The van der Waals surface area contributed by atoms with Crippen LogP contribution in [0.25, 0.3) is 0 Å². The van der Waals surface area contributed by atoms with Crippen molar-refractivity contribution in [1.82, 2.24) is 0 Å². The van der Waals surface area contributed by atoms with Gasteiger partial charge in [-0.3, -0.25) is 9.59 Å². The Bertz CT molecular complexity index is 729. The molecule has 0 saturated heterocycles. The fourth-order valence-electron chi connectivity index (χ4n) is 6.57. The van der Waals surface area contributed by atoms with Crippen LogP contribution in [0.4, 0.5) is 0 Å². The fraction of sp³-hybridized carbons (Fsp3) is 0.760. The predicted octanol–water partition coefficient (Wildman–Crippen LogP) is 4.39. The summed E-state index contributed by atoms with van der Waals surface area (Å²) in [5.74, 6) is -0.603. The zero-order valence-corrected chi connectivity index (χ0v) is 18.7. The number of rotatable bonds is 5. The fourth-order valence-corrected chi connectivity index (χ4v) is 6.57. The van der Waals surface area contributed by atoms with E-state index in [1.807, 2.05) is 6.08 Å². The van der Waals surface area contributed by atoms with Crippen molar-refractivity contribution in [3.63, 3.8) is 0 Å². The highest BCUT2D eigenvalue weighted by Gasteiger charge is 2.60. The minimum atomic E-state index is -1.09. The van der Waals surface area contributed by atoms with Crippen LogP contribution in [0.5, 0.6) is 0 Å². The zero-order valence-electron chi connectivity index (χ0n) is 18.7. The quantitative estimate of drug-likeness (QED) is 0.528. The van der Waals surface area contributed by atoms with Gasteiger partial charge in [-0.2, -0.15) is 0 Å². The average molecular weight is 403 g/mol. The lowest BCUT2D eigenvalue weighted by Crippen LogP contribution is -2.47. The SMILES string of the molecule is CC(C)=CCCC(C)C1(O)CCC2(C)CC3C(C(=O)CC3(C)O)C(C=O)=CCC21. The molecule has 0 heterocycles. The second-order valence-electron chi connectivity index (χ2n) is 10.8. The number of fused-ring (bicyclic) bond motifs is 2. The van der Waals surface area contributed by atoms with E-state index < -0.39 is 17.1 Å². The van der Waals surface area contributed by atoms with Gasteiger partial charge >= 0.3 is 0 Å². The van der Waals surface area contributed by atoms with E-state index in [4.69, 9.17) is 0 Å². The number of carbonyl (C=O) groups excluding carboxylic acids is 2. The summed E-state index contributed by atoms with van der Waals surface area (Å²) in [6, 6.07) is 0. The average Bonchev–Trinajstić information content (AvgIpc) is 2.98. The van der Waals surface area contributed by atoms with E-state index in [1.165, 1.54) is 5.57 Å². The number of hydrogen-bond acceptors (Lipinski definition) is 4. The third-order valence-corrected chi connectivity index (χ3v) is 8.40. The molecule has 0 aliphatic heterocycles. The first-order valence-electron chi connectivity index (χ1n) is 11.2. The zero-order chi connectivity index (χ0) is 21.6. The van der Waals surface area contributed by atoms with Gasteiger partial charge in [-0.15, -0.1) is 0 Å². The van der Waals surface area contributed by atoms with Crippen LogP contribution in [0.3, 0.4) is 0 Å². The lowest BCUT2D eigenvalue weighted by molar-refractivity contribution is -0.121. The van der Waals surface area contributed by atoms with Crippen molar-refractivity contribution in [2.24, 2.45) is 29.1 Å². The Morgan fingerprint density at radius 1 is 1.28 bits per heavy atom. The van der Waals surface area contributed by atoms with E-state index >= 15 is 0 Å². The van der Waals surface area contributed by atoms with E-state index in [1.54, 1.807) is 6.92 Å². The molecule has 29 heavy (non-hydrogen) atoms. The summed E-state index contributed by atoms with van der Waals surface area (Å²) < 4.78 is 0. The van der Waals surface area contributed by atoms with Gasteiger partial charge in [0, 0.05) is 12.3 Å². The number of hydrogen-bond donors (Lipinski definition) is 2. The van der Waals surface area contributed by atoms with Crippen LogP contribution >= 0.6 is 0 Å². The molecule has 2 fully saturated rings. The number of aldehydes is 1. The smallest absolute Gasteiger partial charge is 0.146 e. The second-order valence-corrected chi connectivity index (χ2v) is 10.8. The van der Waals surface area contributed by atoms with Gasteiger partial charge in [-0.25, -0.2) is 0 Å². The Morgan fingerprint density at radius 2 is 1.97 bits per heavy atom. The molecule has 3 aliphatic rings. The molecular weight excluding hydrogens is 364 g/mol. The summed E-state index contributed by atoms with van der Waals surface area (Å²) in [5.41, 5.74) is -0.224. The topological polar surface area (TPSA) is 74.6 Å². The van der Waals surface area contributed by atoms with Crippen molar-refractivity contribution in [3.05, 3.63) is 23.3 Å². The Kier molecular flexibility index (Phi) is 6.01. The van der Waals surface area contributed by atoms with Crippen LogP contribution in [0, 0.1) is 29.1 Å². The summed E-state index contributed by atoms with van der Waals surface area (Å²) in [5, 5.41) is 22.8. The molecule has 3 aliphatic carbocycles. The molecule has 0 aromatic rings. The van der Waals surface area contributed by atoms with Gasteiger partial charge in [-0.1, -0.05) is 31.6 Å². The normalized spacial score (nSPS) is 42.9. The maximum absolute atomic E-state index is 12.6. The van der Waals surface area contributed by atoms with Crippen molar-refractivity contribution in [3.8, 4) is 0 Å². The second kappa shape index (κ2) is 7.77. The highest BCUT2D eigenvalue weighted by molar-refractivity contribution is 5.94. The highest BCUT2D eigenvalue weighted by Crippen LogP contribution is 2.61. The van der Waals surface area contributed by atoms with Crippen molar-refractivity contribution in [2.45, 2.75) is 90.8 Å². The molecule has 0 aromatic carbocycles. The number of ketones is 1. The van der Waals surface area contributed by atoms with Gasteiger partial charge < -0.3 is 10.2 Å². The lowest BCUT2D eigenvalue weighted by atomic mass is 9.61. The van der Waals surface area contributed by atoms with Crippen LogP contribution in [-0.2, 0) is 9.59 Å². The Labute approximate surface area is 175 Å². The van der Waals surface area contributed by atoms with Crippen LogP contribution in [0.1, 0.15) is 79.6 Å². The first-order valence-corrected chi connectivity index (χ1v) is 11.2. The molecule has 0 spiro atoms. The van der Waals surface area contributed by atoms with Gasteiger partial charge in [0.1, 0.15) is 12.1 Å². The molecule has 3 rings (SSSR count). The molecule has 2 saturated carbocycles. The van der Waals surface area contributed by atoms with Crippen LogP contribution < -0.4 is 0 Å². The maximum Gasteiger partial charge on any atom is 0.146 e. The first-order chi connectivity index (χ1) is 13.4. The summed E-state index contributed by atoms with van der Waals surface area (Å²) in [4.78, 5) is 24.5. The highest BCUT2D eigenvalue weighted by atomic mass is 16.3. The van der Waals surface area contributed by atoms with Crippen molar-refractivity contribution in [1.29, 1.82) is 0 Å². The molecule has 4 heteroatoms. The molecule has 4 nitrogen and oxygen atoms in total. The molecule has 0 bridgehead atoms. The molecule has 0 radical (unpaired) electrons. The van der Waals surface area contributed by atoms with E-state index in [2.05, 4.69) is 33.8 Å². The van der Waals surface area contributed by atoms with Crippen molar-refractivity contribution in [2.75, 3.05) is 0 Å². The largest absolute Gasteiger partial charge is 0.389 e. The van der Waals surface area contributed by atoms with Crippen LogP contribution in [0.2, 0.25) is 0 Å². The van der Waals surface area contributed by atoms with Gasteiger partial charge in [0.25, 0.3) is 0 Å². The molecule has 7 atom stereocenters. The molecule has 0 amide bonds. The van der Waals surface area contributed by atoms with Crippen molar-refractivity contribution >= 4 is 12.1 Å². The monoisotopic (exact) mass is 402 g/mol. The van der Waals surface area contributed by atoms with Gasteiger partial charge in [-0.05, 0) is 82.1 Å². The summed E-state index contributed by atoms with van der Waals surface area (Å²) >= 11 is 0. The minimum Gasteiger partial charge on any atom is -0.389 e. The van der Waals surface area contributed by atoms with E-state index in [9.17, 15) is 19.8 Å². The Morgan fingerprint density at radius 3 is 2.59 bits per heavy atom. The van der Waals surface area contributed by atoms with Gasteiger partial charge in [0.15, 0.2) is 0 Å². The summed E-state index contributed by atoms with van der Waals surface area (Å²) in [6.07, 6.45) is 9.83. The number of Topliss-reactive ketones (excluding diaryl/α,β-unsaturated/α-hetero) is 1. The number of allylic oxidation sites excluding steroid dienone is 4. The number of carbonyl (C=O) groups is 2. The first kappa shape index (κ1) is 22.4. The van der Waals surface area contributed by atoms with Crippen LogP contribution in [-0.4, -0.2) is 33.5 Å². The van der Waals surface area contributed by atoms with Crippen molar-refractivity contribution < 1.29 is 19.8 Å². The standard InChI is InChI=1S/C25H38O4/c1-16(2)7-6-8-17(3)25(29)12-11-23(4)13-19-22(20(27)14-24(19,5)28)18(15-26)9-10-21(23)25/h7,9,15,17,19,21-22,28-29H,6,8,10-14H2,1-5H3. The van der Waals surface area contributed by atoms with Gasteiger partial charge in [0.2, 0.25) is 0 Å². The van der Waals surface area contributed by atoms with E-state index in [0.29, 0.717) is 18.4 Å². The molecule has 2 N–H and O–H groups in total. The van der Waals surface area contributed by atoms with Gasteiger partial charge in [0.05, 0.1) is 17.1 Å². The minimum absolute atomic E-state index is 0.0243. The molecule has 7 unspecified atom stereocenters. The molecular formula is C25H38O4. The third kappa shape index (κ3) is 3.90. The van der Waals surface area contributed by atoms with E-state index in [-0.39, 0.29) is 35.4 Å².